The Labute approximate surface area is 110 Å². The average molecular weight is 254 g/mol. The molecule has 0 spiro atoms. The number of hydrogen-bond donors (Lipinski definition) is 1. The van der Waals surface area contributed by atoms with E-state index in [-0.39, 0.29) is 0 Å². The molecule has 1 aromatic heterocycles. The van der Waals surface area contributed by atoms with Crippen molar-refractivity contribution in [3.8, 4) is 0 Å². The van der Waals surface area contributed by atoms with Crippen LogP contribution in [0, 0.1) is 0 Å². The van der Waals surface area contributed by atoms with Gasteiger partial charge in [-0.3, -0.25) is 0 Å². The third kappa shape index (κ3) is 4.29. The zero-order chi connectivity index (χ0) is 13.4. The molecule has 0 saturated carbocycles. The van der Waals surface area contributed by atoms with Gasteiger partial charge in [0.2, 0.25) is 5.89 Å². The second kappa shape index (κ2) is 8.08. The molecule has 5 heteroatoms. The Morgan fingerprint density at radius 2 is 1.94 bits per heavy atom. The summed E-state index contributed by atoms with van der Waals surface area (Å²) in [6.07, 6.45) is 3.11. The molecule has 5 nitrogen and oxygen atoms in total. The molecule has 0 radical (unpaired) electrons. The first-order valence-corrected chi connectivity index (χ1v) is 7.05. The van der Waals surface area contributed by atoms with Crippen molar-refractivity contribution in [1.82, 2.24) is 15.5 Å². The van der Waals surface area contributed by atoms with Gasteiger partial charge < -0.3 is 14.7 Å². The van der Waals surface area contributed by atoms with Crippen molar-refractivity contribution in [2.24, 2.45) is 0 Å². The third-order valence-corrected chi connectivity index (χ3v) is 3.05. The first-order valence-electron chi connectivity index (χ1n) is 7.05. The van der Waals surface area contributed by atoms with Crippen molar-refractivity contribution >= 4 is 5.95 Å². The van der Waals surface area contributed by atoms with Crippen LogP contribution >= 0.6 is 0 Å². The molecule has 104 valence electrons. The Hall–Kier alpha value is -1.10. The van der Waals surface area contributed by atoms with E-state index >= 15 is 0 Å². The molecule has 18 heavy (non-hydrogen) atoms. The van der Waals surface area contributed by atoms with Crippen molar-refractivity contribution in [3.05, 3.63) is 5.89 Å². The molecule has 0 saturated heterocycles. The number of nitrogens with zero attached hydrogens (tertiary/aromatic N) is 3. The predicted molar refractivity (Wildman–Crippen MR) is 73.9 cm³/mol. The van der Waals surface area contributed by atoms with E-state index in [1.54, 1.807) is 0 Å². The smallest absolute Gasteiger partial charge is 0.266 e. The van der Waals surface area contributed by atoms with E-state index in [1.807, 2.05) is 0 Å². The summed E-state index contributed by atoms with van der Waals surface area (Å²) in [6.45, 7) is 11.3. The highest BCUT2D eigenvalue weighted by Crippen LogP contribution is 2.11. The maximum atomic E-state index is 5.33. The fourth-order valence-corrected chi connectivity index (χ4v) is 2.09. The molecule has 1 heterocycles. The Morgan fingerprint density at radius 3 is 2.50 bits per heavy atom. The lowest BCUT2D eigenvalue weighted by Gasteiger charge is -2.15. The molecule has 0 aliphatic heterocycles. The summed E-state index contributed by atoms with van der Waals surface area (Å²) in [4.78, 5) is 6.56. The summed E-state index contributed by atoms with van der Waals surface area (Å²) in [7, 11) is 0. The number of likely N-dealkylation sites (N-methyl/N-ethyl adjacent to an activating group) is 1. The van der Waals surface area contributed by atoms with Crippen LogP contribution in [-0.2, 0) is 6.42 Å². The predicted octanol–water partition coefficient (Wildman–Crippen LogP) is 2.24. The van der Waals surface area contributed by atoms with Crippen molar-refractivity contribution in [1.29, 1.82) is 0 Å². The Balaban J connectivity index is 2.61. The minimum Gasteiger partial charge on any atom is -0.339 e. The lowest BCUT2D eigenvalue weighted by molar-refractivity contribution is 0.351. The molecule has 0 bridgehead atoms. The van der Waals surface area contributed by atoms with E-state index in [0.717, 1.165) is 44.8 Å². The fraction of sp³-hybridized carbons (Fsp3) is 0.846. The number of aromatic nitrogens is 2. The van der Waals surface area contributed by atoms with E-state index in [1.165, 1.54) is 0 Å². The summed E-state index contributed by atoms with van der Waals surface area (Å²) in [5.74, 6) is 1.44. The topological polar surface area (TPSA) is 54.2 Å². The summed E-state index contributed by atoms with van der Waals surface area (Å²) in [5.41, 5.74) is 0. The quantitative estimate of drug-likeness (QED) is 0.732. The van der Waals surface area contributed by atoms with Crippen molar-refractivity contribution in [2.75, 3.05) is 24.5 Å². The zero-order valence-electron chi connectivity index (χ0n) is 12.1. The molecule has 1 N–H and O–H groups in total. The SMILES string of the molecule is CCCC(Cc1nc(N(CC)CC)no1)NCC. The minimum absolute atomic E-state index is 0.435. The van der Waals surface area contributed by atoms with Gasteiger partial charge in [-0.25, -0.2) is 0 Å². The van der Waals surface area contributed by atoms with Crippen LogP contribution in [0.1, 0.15) is 46.4 Å². The van der Waals surface area contributed by atoms with Gasteiger partial charge in [-0.2, -0.15) is 4.98 Å². The van der Waals surface area contributed by atoms with Crippen LogP contribution in [0.4, 0.5) is 5.95 Å². The number of nitrogens with one attached hydrogen (secondary N) is 1. The van der Waals surface area contributed by atoms with Crippen molar-refractivity contribution in [3.63, 3.8) is 0 Å². The highest BCUT2D eigenvalue weighted by Gasteiger charge is 2.15. The molecule has 0 amide bonds. The van der Waals surface area contributed by atoms with Gasteiger partial charge >= 0.3 is 0 Å². The molecular weight excluding hydrogens is 228 g/mol. The lowest BCUT2D eigenvalue weighted by Crippen LogP contribution is -2.31. The molecule has 0 aliphatic rings. The zero-order valence-corrected chi connectivity index (χ0v) is 12.1. The van der Waals surface area contributed by atoms with Gasteiger partial charge in [-0.15, -0.1) is 0 Å². The minimum atomic E-state index is 0.435. The molecule has 1 unspecified atom stereocenters. The van der Waals surface area contributed by atoms with E-state index in [4.69, 9.17) is 4.52 Å². The summed E-state index contributed by atoms with van der Waals surface area (Å²) < 4.78 is 5.33. The average Bonchev–Trinajstić information content (AvgIpc) is 2.80. The van der Waals surface area contributed by atoms with Crippen molar-refractivity contribution < 1.29 is 4.52 Å². The molecule has 0 aliphatic carbocycles. The van der Waals surface area contributed by atoms with Gasteiger partial charge in [0.25, 0.3) is 5.95 Å². The van der Waals surface area contributed by atoms with E-state index < -0.39 is 0 Å². The van der Waals surface area contributed by atoms with Crippen LogP contribution in [-0.4, -0.2) is 35.8 Å². The monoisotopic (exact) mass is 254 g/mol. The number of anilines is 1. The van der Waals surface area contributed by atoms with Crippen molar-refractivity contribution in [2.45, 2.75) is 53.0 Å². The van der Waals surface area contributed by atoms with Crippen LogP contribution in [0.2, 0.25) is 0 Å². The van der Waals surface area contributed by atoms with E-state index in [9.17, 15) is 0 Å². The summed E-state index contributed by atoms with van der Waals surface area (Å²) >= 11 is 0. The van der Waals surface area contributed by atoms with Crippen LogP contribution in [0.25, 0.3) is 0 Å². The maximum absolute atomic E-state index is 5.33. The first kappa shape index (κ1) is 15.0. The molecule has 1 rings (SSSR count). The van der Waals surface area contributed by atoms with Crippen LogP contribution in [0.3, 0.4) is 0 Å². The second-order valence-electron chi connectivity index (χ2n) is 4.41. The number of rotatable bonds is 9. The van der Waals surface area contributed by atoms with Gasteiger partial charge in [0.1, 0.15) is 0 Å². The Morgan fingerprint density at radius 1 is 1.22 bits per heavy atom. The number of hydrogen-bond acceptors (Lipinski definition) is 5. The van der Waals surface area contributed by atoms with Gasteiger partial charge in [-0.1, -0.05) is 20.3 Å². The lowest BCUT2D eigenvalue weighted by atomic mass is 10.1. The molecular formula is C13H26N4O. The van der Waals surface area contributed by atoms with Gasteiger partial charge in [0.15, 0.2) is 0 Å². The largest absolute Gasteiger partial charge is 0.339 e. The molecule has 1 aromatic rings. The van der Waals surface area contributed by atoms with Gasteiger partial charge in [-0.05, 0) is 32.0 Å². The highest BCUT2D eigenvalue weighted by atomic mass is 16.5. The van der Waals surface area contributed by atoms with Gasteiger partial charge in [0.05, 0.1) is 0 Å². The van der Waals surface area contributed by atoms with Crippen LogP contribution in [0.5, 0.6) is 0 Å². The standard InChI is InChI=1S/C13H26N4O/c1-5-9-11(14-6-2)10-12-15-13(16-18-12)17(7-3)8-4/h11,14H,5-10H2,1-4H3. The molecule has 0 aromatic carbocycles. The third-order valence-electron chi connectivity index (χ3n) is 3.05. The highest BCUT2D eigenvalue weighted by molar-refractivity contribution is 5.26. The summed E-state index contributed by atoms with van der Waals surface area (Å²) in [6, 6.07) is 0.435. The van der Waals surface area contributed by atoms with Crippen LogP contribution in [0.15, 0.2) is 4.52 Å². The second-order valence-corrected chi connectivity index (χ2v) is 4.41. The summed E-state index contributed by atoms with van der Waals surface area (Å²) in [5, 5.41) is 7.50. The van der Waals surface area contributed by atoms with Crippen LogP contribution < -0.4 is 10.2 Å². The fourth-order valence-electron chi connectivity index (χ4n) is 2.09. The van der Waals surface area contributed by atoms with E-state index in [2.05, 4.69) is 48.1 Å². The Bertz CT molecular complexity index is 317. The van der Waals surface area contributed by atoms with Gasteiger partial charge in [0, 0.05) is 25.6 Å². The molecule has 0 fully saturated rings. The van der Waals surface area contributed by atoms with E-state index in [0.29, 0.717) is 12.0 Å². The normalized spacial score (nSPS) is 12.7. The maximum Gasteiger partial charge on any atom is 0.266 e. The first-order chi connectivity index (χ1) is 8.74. The Kier molecular flexibility index (Phi) is 6.72. The molecule has 1 atom stereocenters.